The molecule has 2 amide bonds. The summed E-state index contributed by atoms with van der Waals surface area (Å²) in [4.78, 5) is 40.2. The normalized spacial score (nSPS) is 14.0. The average Bonchev–Trinajstić information content (AvgIpc) is 2.73. The van der Waals surface area contributed by atoms with E-state index in [1.54, 1.807) is 30.3 Å². The van der Waals surface area contributed by atoms with Gasteiger partial charge in [0.25, 0.3) is 5.91 Å². The van der Waals surface area contributed by atoms with Crippen LogP contribution in [-0.2, 0) is 11.3 Å². The van der Waals surface area contributed by atoms with Crippen LogP contribution in [0.4, 0.5) is 10.6 Å². The summed E-state index contributed by atoms with van der Waals surface area (Å²) in [6, 6.07) is 5.38. The van der Waals surface area contributed by atoms with Gasteiger partial charge in [-0.05, 0) is 18.6 Å². The predicted molar refractivity (Wildman–Crippen MR) is 98.2 cm³/mol. The van der Waals surface area contributed by atoms with Gasteiger partial charge in [-0.1, -0.05) is 6.07 Å². The van der Waals surface area contributed by atoms with Crippen molar-refractivity contribution in [1.29, 1.82) is 0 Å². The number of hydrogen-bond acceptors (Lipinski definition) is 7. The van der Waals surface area contributed by atoms with Gasteiger partial charge in [-0.15, -0.1) is 0 Å². The highest BCUT2D eigenvalue weighted by atomic mass is 16.6. The number of anilines is 1. The fourth-order valence-electron chi connectivity index (χ4n) is 2.75. The Balaban J connectivity index is 1.57. The maximum atomic E-state index is 12.4. The molecule has 1 N–H and O–H groups in total. The smallest absolute Gasteiger partial charge is 0.409 e. The Morgan fingerprint density at radius 2 is 2.04 bits per heavy atom. The summed E-state index contributed by atoms with van der Waals surface area (Å²) in [5.41, 5.74) is 1.21. The highest BCUT2D eigenvalue weighted by molar-refractivity contribution is 5.92. The first kappa shape index (κ1) is 18.6. The van der Waals surface area contributed by atoms with Crippen LogP contribution in [0.2, 0.25) is 0 Å². The molecule has 0 atom stereocenters. The molecular weight excluding hydrogens is 348 g/mol. The second-order valence-corrected chi connectivity index (χ2v) is 5.98. The monoisotopic (exact) mass is 370 g/mol. The fourth-order valence-corrected chi connectivity index (χ4v) is 2.75. The van der Waals surface area contributed by atoms with Gasteiger partial charge in [0, 0.05) is 51.2 Å². The number of carbonyl (C=O) groups is 2. The van der Waals surface area contributed by atoms with E-state index in [1.165, 1.54) is 6.33 Å². The summed E-state index contributed by atoms with van der Waals surface area (Å²) in [6.07, 6.45) is 4.47. The predicted octanol–water partition coefficient (Wildman–Crippen LogP) is 1.08. The van der Waals surface area contributed by atoms with Gasteiger partial charge in [0.1, 0.15) is 17.8 Å². The Kier molecular flexibility index (Phi) is 6.14. The number of ether oxygens (including phenoxy) is 1. The highest BCUT2D eigenvalue weighted by Crippen LogP contribution is 2.14. The zero-order valence-electron chi connectivity index (χ0n) is 15.2. The van der Waals surface area contributed by atoms with Crippen molar-refractivity contribution in [2.24, 2.45) is 0 Å². The van der Waals surface area contributed by atoms with Crippen LogP contribution in [0.25, 0.3) is 0 Å². The van der Waals surface area contributed by atoms with E-state index in [1.807, 2.05) is 17.0 Å². The van der Waals surface area contributed by atoms with Gasteiger partial charge in [0.2, 0.25) is 0 Å². The lowest BCUT2D eigenvalue weighted by Gasteiger charge is -2.34. The fraction of sp³-hybridized carbons (Fsp3) is 0.389. The number of amides is 2. The molecule has 0 radical (unpaired) electrons. The van der Waals surface area contributed by atoms with Gasteiger partial charge in [0.05, 0.1) is 6.61 Å². The summed E-state index contributed by atoms with van der Waals surface area (Å²) in [7, 11) is 0. The van der Waals surface area contributed by atoms with Crippen LogP contribution in [0, 0.1) is 0 Å². The summed E-state index contributed by atoms with van der Waals surface area (Å²) in [6.45, 7) is 4.86. The molecule has 142 valence electrons. The second-order valence-electron chi connectivity index (χ2n) is 5.98. The maximum Gasteiger partial charge on any atom is 0.409 e. The molecule has 0 spiro atoms. The Bertz CT molecular complexity index is 778. The Morgan fingerprint density at radius 1 is 1.22 bits per heavy atom. The van der Waals surface area contributed by atoms with Crippen LogP contribution < -0.4 is 10.2 Å². The third kappa shape index (κ3) is 4.90. The van der Waals surface area contributed by atoms with E-state index in [0.29, 0.717) is 50.8 Å². The van der Waals surface area contributed by atoms with Crippen molar-refractivity contribution in [3.8, 4) is 0 Å². The minimum absolute atomic E-state index is 0.271. The van der Waals surface area contributed by atoms with Crippen LogP contribution in [0.5, 0.6) is 0 Å². The Hall–Kier alpha value is -3.23. The van der Waals surface area contributed by atoms with Gasteiger partial charge in [0.15, 0.2) is 0 Å². The third-order valence-corrected chi connectivity index (χ3v) is 4.19. The van der Waals surface area contributed by atoms with Crippen molar-refractivity contribution in [1.82, 2.24) is 25.2 Å². The number of pyridine rings is 1. The lowest BCUT2D eigenvalue weighted by atomic mass is 10.2. The van der Waals surface area contributed by atoms with E-state index >= 15 is 0 Å². The van der Waals surface area contributed by atoms with Crippen LogP contribution in [-0.4, -0.2) is 64.6 Å². The molecule has 9 nitrogen and oxygen atoms in total. The number of nitrogens with one attached hydrogen (secondary N) is 1. The third-order valence-electron chi connectivity index (χ3n) is 4.19. The number of piperazine rings is 1. The van der Waals surface area contributed by atoms with E-state index in [2.05, 4.69) is 20.3 Å². The molecular formula is C18H22N6O3. The molecule has 2 aromatic rings. The molecule has 3 heterocycles. The van der Waals surface area contributed by atoms with Crippen LogP contribution in [0.15, 0.2) is 36.9 Å². The maximum absolute atomic E-state index is 12.4. The molecule has 27 heavy (non-hydrogen) atoms. The van der Waals surface area contributed by atoms with Gasteiger partial charge in [-0.25, -0.2) is 14.8 Å². The van der Waals surface area contributed by atoms with Crippen molar-refractivity contribution >= 4 is 17.8 Å². The average molecular weight is 370 g/mol. The van der Waals surface area contributed by atoms with Crippen LogP contribution in [0.1, 0.15) is 23.0 Å². The summed E-state index contributed by atoms with van der Waals surface area (Å²) < 4.78 is 5.02. The van der Waals surface area contributed by atoms with E-state index in [4.69, 9.17) is 4.74 Å². The van der Waals surface area contributed by atoms with Gasteiger partial charge in [-0.2, -0.15) is 0 Å². The molecule has 1 fully saturated rings. The number of nitrogens with zero attached hydrogens (tertiary/aromatic N) is 5. The SMILES string of the molecule is CCOC(=O)N1CCN(c2cc(C(=O)NCc3cccnc3)ncn2)CC1. The summed E-state index contributed by atoms with van der Waals surface area (Å²) in [5.74, 6) is 0.396. The molecule has 3 rings (SSSR count). The Labute approximate surface area is 157 Å². The lowest BCUT2D eigenvalue weighted by Crippen LogP contribution is -2.49. The van der Waals surface area contributed by atoms with Crippen molar-refractivity contribution in [3.63, 3.8) is 0 Å². The molecule has 0 unspecified atom stereocenters. The first-order chi connectivity index (χ1) is 13.2. The van der Waals surface area contributed by atoms with E-state index in [0.717, 1.165) is 5.56 Å². The zero-order chi connectivity index (χ0) is 19.1. The number of carbonyl (C=O) groups excluding carboxylic acids is 2. The van der Waals surface area contributed by atoms with Gasteiger partial charge < -0.3 is 19.9 Å². The summed E-state index contributed by atoms with van der Waals surface area (Å²) >= 11 is 0. The first-order valence-electron chi connectivity index (χ1n) is 8.83. The molecule has 1 aliphatic heterocycles. The van der Waals surface area contributed by atoms with Crippen molar-refractivity contribution < 1.29 is 14.3 Å². The van der Waals surface area contributed by atoms with Gasteiger partial charge in [-0.3, -0.25) is 9.78 Å². The molecule has 2 aromatic heterocycles. The first-order valence-corrected chi connectivity index (χ1v) is 8.83. The minimum Gasteiger partial charge on any atom is -0.450 e. The molecule has 9 heteroatoms. The molecule has 0 bridgehead atoms. The topological polar surface area (TPSA) is 101 Å². The highest BCUT2D eigenvalue weighted by Gasteiger charge is 2.23. The van der Waals surface area contributed by atoms with Crippen LogP contribution >= 0.6 is 0 Å². The van der Waals surface area contributed by atoms with Crippen molar-refractivity contribution in [2.75, 3.05) is 37.7 Å². The van der Waals surface area contributed by atoms with Crippen molar-refractivity contribution in [3.05, 3.63) is 48.2 Å². The van der Waals surface area contributed by atoms with Crippen molar-refractivity contribution in [2.45, 2.75) is 13.5 Å². The van der Waals surface area contributed by atoms with E-state index in [-0.39, 0.29) is 12.0 Å². The largest absolute Gasteiger partial charge is 0.450 e. The standard InChI is InChI=1S/C18H22N6O3/c1-2-27-18(26)24-8-6-23(7-9-24)16-10-15(21-13-22-16)17(25)20-12-14-4-3-5-19-11-14/h3-5,10-11,13H,2,6-9,12H2,1H3,(H,20,25). The molecule has 0 aliphatic carbocycles. The van der Waals surface area contributed by atoms with E-state index < -0.39 is 0 Å². The molecule has 0 saturated carbocycles. The zero-order valence-corrected chi connectivity index (χ0v) is 15.2. The second kappa shape index (κ2) is 8.93. The number of aromatic nitrogens is 3. The number of rotatable bonds is 5. The quantitative estimate of drug-likeness (QED) is 0.840. The van der Waals surface area contributed by atoms with Crippen LogP contribution in [0.3, 0.4) is 0 Å². The van der Waals surface area contributed by atoms with E-state index in [9.17, 15) is 9.59 Å². The molecule has 1 saturated heterocycles. The Morgan fingerprint density at radius 3 is 2.74 bits per heavy atom. The molecule has 1 aliphatic rings. The molecule has 0 aromatic carbocycles. The van der Waals surface area contributed by atoms with Gasteiger partial charge >= 0.3 is 6.09 Å². The number of hydrogen-bond donors (Lipinski definition) is 1. The lowest BCUT2D eigenvalue weighted by molar-refractivity contribution is 0.0945. The minimum atomic E-state index is -0.296. The summed E-state index contributed by atoms with van der Waals surface area (Å²) in [5, 5.41) is 2.82.